The summed E-state index contributed by atoms with van der Waals surface area (Å²) < 4.78 is 17.8. The van der Waals surface area contributed by atoms with Gasteiger partial charge in [0.25, 0.3) is 0 Å². The van der Waals surface area contributed by atoms with Gasteiger partial charge in [-0.2, -0.15) is 0 Å². The second kappa shape index (κ2) is 6.52. The molecule has 4 aromatic carbocycles. The first-order valence-electron chi connectivity index (χ1n) is 9.67. The van der Waals surface area contributed by atoms with Crippen molar-refractivity contribution in [3.8, 4) is 17.2 Å². The first-order valence-corrected chi connectivity index (χ1v) is 9.67. The molecule has 0 aromatic heterocycles. The van der Waals surface area contributed by atoms with E-state index in [0.717, 1.165) is 32.9 Å². The minimum Gasteiger partial charge on any atom is -0.497 e. The highest BCUT2D eigenvalue weighted by atomic mass is 16.6. The van der Waals surface area contributed by atoms with E-state index in [-0.39, 0.29) is 0 Å². The zero-order chi connectivity index (χ0) is 20.0. The van der Waals surface area contributed by atoms with Gasteiger partial charge in [0, 0.05) is 16.3 Å². The van der Waals surface area contributed by atoms with Crippen molar-refractivity contribution < 1.29 is 19.0 Å². The van der Waals surface area contributed by atoms with Crippen molar-refractivity contribution in [1.82, 2.24) is 0 Å². The molecule has 0 spiro atoms. The molecule has 29 heavy (non-hydrogen) atoms. The summed E-state index contributed by atoms with van der Waals surface area (Å²) in [6, 6.07) is 23.4. The van der Waals surface area contributed by atoms with Gasteiger partial charge in [0.2, 0.25) is 5.60 Å². The second-order valence-electron chi connectivity index (χ2n) is 7.15. The molecule has 4 nitrogen and oxygen atoms in total. The Hall–Kier alpha value is -3.53. The number of benzene rings is 4. The van der Waals surface area contributed by atoms with Crippen LogP contribution in [0, 0.1) is 0 Å². The van der Waals surface area contributed by atoms with E-state index in [4.69, 9.17) is 14.2 Å². The number of hydrogen-bond acceptors (Lipinski definition) is 4. The lowest BCUT2D eigenvalue weighted by atomic mass is 9.89. The van der Waals surface area contributed by atoms with Crippen molar-refractivity contribution in [2.45, 2.75) is 18.9 Å². The van der Waals surface area contributed by atoms with Crippen LogP contribution in [-0.4, -0.2) is 13.1 Å². The topological polar surface area (TPSA) is 44.8 Å². The highest BCUT2D eigenvalue weighted by Crippen LogP contribution is 2.50. The highest BCUT2D eigenvalue weighted by molar-refractivity contribution is 6.15. The molecule has 0 saturated carbocycles. The Bertz CT molecular complexity index is 1240. The van der Waals surface area contributed by atoms with Crippen LogP contribution < -0.4 is 14.2 Å². The number of hydrogen-bond donors (Lipinski definition) is 0. The molecule has 0 aliphatic carbocycles. The lowest BCUT2D eigenvalue weighted by molar-refractivity contribution is -0.157. The Balaban J connectivity index is 1.78. The fourth-order valence-corrected chi connectivity index (χ4v) is 4.13. The van der Waals surface area contributed by atoms with Crippen molar-refractivity contribution in [3.63, 3.8) is 0 Å². The summed E-state index contributed by atoms with van der Waals surface area (Å²) in [5, 5.41) is 3.90. The molecule has 0 saturated heterocycles. The third-order valence-corrected chi connectivity index (χ3v) is 5.69. The summed E-state index contributed by atoms with van der Waals surface area (Å²) in [4.78, 5) is 13.3. The fourth-order valence-electron chi connectivity index (χ4n) is 4.13. The Morgan fingerprint density at radius 3 is 1.90 bits per heavy atom. The van der Waals surface area contributed by atoms with Gasteiger partial charge in [-0.15, -0.1) is 0 Å². The largest absolute Gasteiger partial charge is 0.497 e. The zero-order valence-corrected chi connectivity index (χ0v) is 16.3. The average Bonchev–Trinajstić information content (AvgIpc) is 2.79. The first-order chi connectivity index (χ1) is 14.2. The monoisotopic (exact) mass is 384 g/mol. The molecule has 0 N–H and O–H groups in total. The van der Waals surface area contributed by atoms with Crippen molar-refractivity contribution in [1.29, 1.82) is 0 Å². The van der Waals surface area contributed by atoms with Crippen LogP contribution in [0.15, 0.2) is 72.8 Å². The minimum absolute atomic E-state index is 0.405. The van der Waals surface area contributed by atoms with Crippen LogP contribution in [0.4, 0.5) is 0 Å². The molecule has 1 aliphatic heterocycles. The summed E-state index contributed by atoms with van der Waals surface area (Å²) in [7, 11) is 1.61. The fraction of sp³-hybridized carbons (Fsp3) is 0.160. The molecule has 144 valence electrons. The molecule has 0 unspecified atom stereocenters. The van der Waals surface area contributed by atoms with Gasteiger partial charge >= 0.3 is 5.97 Å². The normalized spacial score (nSPS) is 18.2. The molecule has 1 heterocycles. The number of methoxy groups -OCH3 is 1. The maximum Gasteiger partial charge on any atom is 0.360 e. The van der Waals surface area contributed by atoms with E-state index in [1.54, 1.807) is 7.11 Å². The van der Waals surface area contributed by atoms with Gasteiger partial charge in [0.15, 0.2) is 11.5 Å². The predicted molar refractivity (Wildman–Crippen MR) is 113 cm³/mol. The van der Waals surface area contributed by atoms with Crippen molar-refractivity contribution in [3.05, 3.63) is 78.4 Å². The van der Waals surface area contributed by atoms with Crippen LogP contribution in [0.2, 0.25) is 0 Å². The molecule has 0 radical (unpaired) electrons. The molecule has 0 amide bonds. The molecular formula is C25H20O4. The smallest absolute Gasteiger partial charge is 0.360 e. The van der Waals surface area contributed by atoms with E-state index >= 15 is 0 Å². The van der Waals surface area contributed by atoms with Crippen LogP contribution in [0.25, 0.3) is 21.5 Å². The van der Waals surface area contributed by atoms with E-state index in [9.17, 15) is 4.79 Å². The first kappa shape index (κ1) is 17.6. The number of ether oxygens (including phenoxy) is 3. The lowest BCUT2D eigenvalue weighted by Crippen LogP contribution is -2.46. The molecule has 0 fully saturated rings. The summed E-state index contributed by atoms with van der Waals surface area (Å²) >= 11 is 0. The molecule has 1 atom stereocenters. The van der Waals surface area contributed by atoms with Gasteiger partial charge in [-0.05, 0) is 29.3 Å². The molecule has 1 aliphatic rings. The van der Waals surface area contributed by atoms with E-state index in [2.05, 4.69) is 6.07 Å². The van der Waals surface area contributed by atoms with Gasteiger partial charge in [-0.3, -0.25) is 0 Å². The number of carbonyl (C=O) groups excluding carboxylic acids is 1. The van der Waals surface area contributed by atoms with Crippen LogP contribution in [0.3, 0.4) is 0 Å². The van der Waals surface area contributed by atoms with E-state index < -0.39 is 11.6 Å². The molecule has 5 rings (SSSR count). The van der Waals surface area contributed by atoms with Crippen molar-refractivity contribution in [2.24, 2.45) is 0 Å². The SMILES string of the molecule is CC[C@]1(c2ccc(OC)cc2)Oc2c(c3ccccc3c3ccccc23)OC1=O. The van der Waals surface area contributed by atoms with Gasteiger partial charge < -0.3 is 14.2 Å². The third kappa shape index (κ3) is 2.49. The Morgan fingerprint density at radius 1 is 0.793 bits per heavy atom. The van der Waals surface area contributed by atoms with Crippen LogP contribution >= 0.6 is 0 Å². The van der Waals surface area contributed by atoms with E-state index in [1.807, 2.05) is 73.7 Å². The van der Waals surface area contributed by atoms with Gasteiger partial charge in [0.1, 0.15) is 5.75 Å². The van der Waals surface area contributed by atoms with Gasteiger partial charge in [-0.1, -0.05) is 67.6 Å². The molecule has 0 bridgehead atoms. The number of esters is 1. The van der Waals surface area contributed by atoms with Crippen molar-refractivity contribution in [2.75, 3.05) is 7.11 Å². The van der Waals surface area contributed by atoms with E-state index in [1.165, 1.54) is 0 Å². The standard InChI is InChI=1S/C25H20O4/c1-3-25(16-12-14-17(27-2)15-13-16)24(26)28-22-20-10-6-4-8-18(20)19-9-5-7-11-21(19)23(22)29-25/h4-15H,3H2,1-2H3/t25-/m1/s1. The summed E-state index contributed by atoms with van der Waals surface area (Å²) in [5.74, 6) is 1.41. The summed E-state index contributed by atoms with van der Waals surface area (Å²) in [5.41, 5.74) is -0.460. The van der Waals surface area contributed by atoms with Crippen LogP contribution in [-0.2, 0) is 10.4 Å². The third-order valence-electron chi connectivity index (χ3n) is 5.69. The quantitative estimate of drug-likeness (QED) is 0.262. The number of carbonyl (C=O) groups is 1. The number of rotatable bonds is 3. The van der Waals surface area contributed by atoms with Gasteiger partial charge in [0.05, 0.1) is 7.11 Å². The Kier molecular flexibility index (Phi) is 3.95. The lowest BCUT2D eigenvalue weighted by Gasteiger charge is -2.37. The summed E-state index contributed by atoms with van der Waals surface area (Å²) in [6.07, 6.45) is 0.443. The van der Waals surface area contributed by atoms with Crippen LogP contribution in [0.5, 0.6) is 17.2 Å². The zero-order valence-electron chi connectivity index (χ0n) is 16.3. The van der Waals surface area contributed by atoms with Gasteiger partial charge in [-0.25, -0.2) is 4.79 Å². The number of fused-ring (bicyclic) bond motifs is 6. The molecule has 4 aromatic rings. The van der Waals surface area contributed by atoms with E-state index in [0.29, 0.717) is 17.9 Å². The molecule has 4 heteroatoms. The van der Waals surface area contributed by atoms with Crippen LogP contribution in [0.1, 0.15) is 18.9 Å². The highest BCUT2D eigenvalue weighted by Gasteiger charge is 2.48. The predicted octanol–water partition coefficient (Wildman–Crippen LogP) is 5.60. The van der Waals surface area contributed by atoms with Crippen molar-refractivity contribution >= 4 is 27.5 Å². The molecular weight excluding hydrogens is 364 g/mol. The Morgan fingerprint density at radius 2 is 1.34 bits per heavy atom. The summed E-state index contributed by atoms with van der Waals surface area (Å²) in [6.45, 7) is 1.93. The average molecular weight is 384 g/mol. The maximum absolute atomic E-state index is 13.3. The minimum atomic E-state index is -1.20. The second-order valence-corrected chi connectivity index (χ2v) is 7.15. The maximum atomic E-state index is 13.3. The Labute approximate surface area is 168 Å².